The van der Waals surface area contributed by atoms with Crippen LogP contribution in [0.1, 0.15) is 48.9 Å². The minimum Gasteiger partial charge on any atom is -0.349 e. The zero-order chi connectivity index (χ0) is 14.9. The number of sulfonamides is 1. The zero-order valence-electron chi connectivity index (χ0n) is 11.8. The first kappa shape index (κ1) is 14.5. The van der Waals surface area contributed by atoms with E-state index in [0.29, 0.717) is 5.56 Å². The maximum atomic E-state index is 12.1. The summed E-state index contributed by atoms with van der Waals surface area (Å²) in [5.74, 6) is -0.124. The van der Waals surface area contributed by atoms with E-state index in [1.54, 1.807) is 12.1 Å². The summed E-state index contributed by atoms with van der Waals surface area (Å²) in [5, 5.41) is 2.99. The van der Waals surface area contributed by atoms with E-state index in [4.69, 9.17) is 0 Å². The van der Waals surface area contributed by atoms with Crippen LogP contribution in [-0.2, 0) is 10.0 Å². The average Bonchev–Trinajstić information content (AvgIpc) is 3.11. The maximum absolute atomic E-state index is 12.1. The van der Waals surface area contributed by atoms with Crippen LogP contribution in [0.3, 0.4) is 0 Å². The van der Waals surface area contributed by atoms with E-state index < -0.39 is 10.0 Å². The van der Waals surface area contributed by atoms with Crippen LogP contribution >= 0.6 is 0 Å². The van der Waals surface area contributed by atoms with Crippen LogP contribution in [-0.4, -0.2) is 26.4 Å². The lowest BCUT2D eigenvalue weighted by Crippen LogP contribution is -2.32. The Morgan fingerprint density at radius 2 is 1.57 bits per heavy atom. The van der Waals surface area contributed by atoms with Crippen LogP contribution in [0.15, 0.2) is 29.2 Å². The topological polar surface area (TPSA) is 75.3 Å². The molecule has 6 heteroatoms. The Morgan fingerprint density at radius 1 is 0.952 bits per heavy atom. The molecule has 1 amide bonds. The van der Waals surface area contributed by atoms with E-state index in [1.807, 2.05) is 0 Å². The van der Waals surface area contributed by atoms with Crippen molar-refractivity contribution in [3.8, 4) is 0 Å². The summed E-state index contributed by atoms with van der Waals surface area (Å²) in [6.07, 6.45) is 6.19. The van der Waals surface area contributed by atoms with E-state index >= 15 is 0 Å². The number of hydrogen-bond donors (Lipinski definition) is 2. The lowest BCUT2D eigenvalue weighted by molar-refractivity contribution is 0.0938. The van der Waals surface area contributed by atoms with Crippen LogP contribution in [0.25, 0.3) is 0 Å². The molecule has 0 aromatic heterocycles. The van der Waals surface area contributed by atoms with Crippen LogP contribution < -0.4 is 10.0 Å². The highest BCUT2D eigenvalue weighted by atomic mass is 32.2. The molecule has 5 nitrogen and oxygen atoms in total. The maximum Gasteiger partial charge on any atom is 0.251 e. The summed E-state index contributed by atoms with van der Waals surface area (Å²) in [6, 6.07) is 6.48. The monoisotopic (exact) mass is 308 g/mol. The van der Waals surface area contributed by atoms with Crippen molar-refractivity contribution in [3.63, 3.8) is 0 Å². The van der Waals surface area contributed by atoms with Gasteiger partial charge >= 0.3 is 0 Å². The summed E-state index contributed by atoms with van der Waals surface area (Å²) in [4.78, 5) is 12.3. The van der Waals surface area contributed by atoms with E-state index in [1.165, 1.54) is 12.1 Å². The third-order valence-corrected chi connectivity index (χ3v) is 5.55. The summed E-state index contributed by atoms with van der Waals surface area (Å²) in [6.45, 7) is 0. The van der Waals surface area contributed by atoms with Gasteiger partial charge in [0, 0.05) is 17.6 Å². The van der Waals surface area contributed by atoms with Gasteiger partial charge in [-0.15, -0.1) is 0 Å². The Hall–Kier alpha value is -1.40. The fourth-order valence-corrected chi connectivity index (χ4v) is 3.92. The van der Waals surface area contributed by atoms with Crippen LogP contribution in [0.2, 0.25) is 0 Å². The minimum atomic E-state index is -3.44. The predicted molar refractivity (Wildman–Crippen MR) is 79.5 cm³/mol. The molecule has 21 heavy (non-hydrogen) atoms. The molecule has 0 radical (unpaired) electrons. The highest BCUT2D eigenvalue weighted by Gasteiger charge is 2.28. The van der Waals surface area contributed by atoms with E-state index in [-0.39, 0.29) is 22.9 Å². The van der Waals surface area contributed by atoms with Crippen LogP contribution in [0, 0.1) is 0 Å². The molecular weight excluding hydrogens is 288 g/mol. The minimum absolute atomic E-state index is 0.0836. The summed E-state index contributed by atoms with van der Waals surface area (Å²) in [5.41, 5.74) is 0.507. The first-order valence-corrected chi connectivity index (χ1v) is 8.96. The molecule has 3 rings (SSSR count). The zero-order valence-corrected chi connectivity index (χ0v) is 12.7. The number of benzene rings is 1. The van der Waals surface area contributed by atoms with Gasteiger partial charge in [-0.05, 0) is 49.9 Å². The normalized spacial score (nSPS) is 19.6. The van der Waals surface area contributed by atoms with Gasteiger partial charge in [-0.1, -0.05) is 12.8 Å². The molecule has 1 aromatic carbocycles. The number of amides is 1. The molecule has 2 aliphatic rings. The standard InChI is InChI=1S/C15H20N2O3S/c18-15(16-12-3-1-2-4-12)11-5-9-14(10-6-11)21(19,20)17-13-7-8-13/h5-6,9-10,12-13,17H,1-4,7-8H2,(H,16,18). The van der Waals surface area contributed by atoms with Gasteiger partial charge < -0.3 is 5.32 Å². The molecule has 0 bridgehead atoms. The first-order chi connectivity index (χ1) is 10.0. The van der Waals surface area contributed by atoms with Crippen molar-refractivity contribution in [1.29, 1.82) is 0 Å². The molecule has 2 aliphatic carbocycles. The molecule has 0 heterocycles. The Labute approximate surface area is 125 Å². The molecule has 0 atom stereocenters. The molecule has 0 saturated heterocycles. The SMILES string of the molecule is O=C(NC1CCCC1)c1ccc(S(=O)(=O)NC2CC2)cc1. The van der Waals surface area contributed by atoms with Crippen molar-refractivity contribution in [2.75, 3.05) is 0 Å². The molecule has 0 spiro atoms. The van der Waals surface area contributed by atoms with Gasteiger partial charge in [-0.3, -0.25) is 4.79 Å². The Morgan fingerprint density at radius 3 is 2.14 bits per heavy atom. The summed E-state index contributed by atoms with van der Waals surface area (Å²) < 4.78 is 26.7. The Kier molecular flexibility index (Phi) is 3.99. The van der Waals surface area contributed by atoms with Crippen molar-refractivity contribution in [2.24, 2.45) is 0 Å². The average molecular weight is 308 g/mol. The number of nitrogens with one attached hydrogen (secondary N) is 2. The highest BCUT2D eigenvalue weighted by molar-refractivity contribution is 7.89. The van der Waals surface area contributed by atoms with Crippen molar-refractivity contribution < 1.29 is 13.2 Å². The van der Waals surface area contributed by atoms with Gasteiger partial charge in [0.15, 0.2) is 0 Å². The second kappa shape index (κ2) is 5.77. The number of rotatable bonds is 5. The molecular formula is C15H20N2O3S. The lowest BCUT2D eigenvalue weighted by atomic mass is 10.2. The van der Waals surface area contributed by atoms with Gasteiger partial charge in [0.2, 0.25) is 10.0 Å². The van der Waals surface area contributed by atoms with E-state index in [0.717, 1.165) is 38.5 Å². The van der Waals surface area contributed by atoms with E-state index in [2.05, 4.69) is 10.0 Å². The second-order valence-corrected chi connectivity index (χ2v) is 7.59. The highest BCUT2D eigenvalue weighted by Crippen LogP contribution is 2.22. The fraction of sp³-hybridized carbons (Fsp3) is 0.533. The first-order valence-electron chi connectivity index (χ1n) is 7.48. The summed E-state index contributed by atoms with van der Waals surface area (Å²) >= 11 is 0. The lowest BCUT2D eigenvalue weighted by Gasteiger charge is -2.12. The Balaban J connectivity index is 1.66. The number of carbonyl (C=O) groups is 1. The number of hydrogen-bond acceptors (Lipinski definition) is 3. The molecule has 114 valence electrons. The van der Waals surface area contributed by atoms with Crippen LogP contribution in [0.5, 0.6) is 0 Å². The summed E-state index contributed by atoms with van der Waals surface area (Å²) in [7, 11) is -3.44. The van der Waals surface area contributed by atoms with Crippen LogP contribution in [0.4, 0.5) is 0 Å². The van der Waals surface area contributed by atoms with Crippen molar-refractivity contribution >= 4 is 15.9 Å². The molecule has 2 N–H and O–H groups in total. The van der Waals surface area contributed by atoms with Gasteiger partial charge in [-0.2, -0.15) is 0 Å². The van der Waals surface area contributed by atoms with Crippen molar-refractivity contribution in [1.82, 2.24) is 10.0 Å². The molecule has 1 aromatic rings. The quantitative estimate of drug-likeness (QED) is 0.871. The molecule has 2 fully saturated rings. The molecule has 2 saturated carbocycles. The smallest absolute Gasteiger partial charge is 0.251 e. The third kappa shape index (κ3) is 3.63. The Bertz CT molecular complexity index is 615. The van der Waals surface area contributed by atoms with Crippen molar-refractivity contribution in [3.05, 3.63) is 29.8 Å². The van der Waals surface area contributed by atoms with Crippen molar-refractivity contribution in [2.45, 2.75) is 55.5 Å². The van der Waals surface area contributed by atoms with Gasteiger partial charge in [-0.25, -0.2) is 13.1 Å². The molecule has 0 unspecified atom stereocenters. The fourth-order valence-electron chi connectivity index (χ4n) is 2.61. The predicted octanol–water partition coefficient (Wildman–Crippen LogP) is 1.80. The largest absolute Gasteiger partial charge is 0.349 e. The third-order valence-electron chi connectivity index (χ3n) is 4.02. The second-order valence-electron chi connectivity index (χ2n) is 5.87. The van der Waals surface area contributed by atoms with E-state index in [9.17, 15) is 13.2 Å². The molecule has 0 aliphatic heterocycles. The van der Waals surface area contributed by atoms with Gasteiger partial charge in [0.25, 0.3) is 5.91 Å². The van der Waals surface area contributed by atoms with Gasteiger partial charge in [0.1, 0.15) is 0 Å². The number of carbonyl (C=O) groups excluding carboxylic acids is 1. The van der Waals surface area contributed by atoms with Gasteiger partial charge in [0.05, 0.1) is 4.90 Å².